The van der Waals surface area contributed by atoms with E-state index >= 15 is 0 Å². The average molecular weight is 380 g/mol. The van der Waals surface area contributed by atoms with Gasteiger partial charge in [0.1, 0.15) is 5.76 Å². The first-order valence-electron chi connectivity index (χ1n) is 9.30. The molecule has 1 aliphatic carbocycles. The van der Waals surface area contributed by atoms with E-state index in [4.69, 9.17) is 14.5 Å². The van der Waals surface area contributed by atoms with Gasteiger partial charge < -0.3 is 9.26 Å². The third-order valence-electron chi connectivity index (χ3n) is 5.18. The minimum Gasteiger partial charge on any atom is -0.419 e. The number of aryl methyl sites for hydroxylation is 1. The van der Waals surface area contributed by atoms with Gasteiger partial charge in [0, 0.05) is 18.9 Å². The van der Waals surface area contributed by atoms with Gasteiger partial charge in [0.05, 0.1) is 18.2 Å². The van der Waals surface area contributed by atoms with Gasteiger partial charge in [-0.25, -0.2) is 9.80 Å². The van der Waals surface area contributed by atoms with Gasteiger partial charge in [0.25, 0.3) is 5.91 Å². The molecular formula is C20H20N4O4. The van der Waals surface area contributed by atoms with Gasteiger partial charge >= 0.3 is 6.09 Å². The maximum Gasteiger partial charge on any atom is 0.431 e. The van der Waals surface area contributed by atoms with Crippen molar-refractivity contribution in [3.8, 4) is 6.07 Å². The first-order valence-corrected chi connectivity index (χ1v) is 9.30. The summed E-state index contributed by atoms with van der Waals surface area (Å²) in [5.74, 6) is 0.0850. The maximum atomic E-state index is 13.3. The number of benzene rings is 1. The lowest BCUT2D eigenvalue weighted by Crippen LogP contribution is -2.54. The Morgan fingerprint density at radius 1 is 1.29 bits per heavy atom. The van der Waals surface area contributed by atoms with Gasteiger partial charge in [0.2, 0.25) is 5.72 Å². The predicted molar refractivity (Wildman–Crippen MR) is 96.4 cm³/mol. The van der Waals surface area contributed by atoms with Crippen molar-refractivity contribution in [3.63, 3.8) is 0 Å². The van der Waals surface area contributed by atoms with E-state index < -0.39 is 17.7 Å². The Bertz CT molecular complexity index is 955. The summed E-state index contributed by atoms with van der Waals surface area (Å²) in [5, 5.41) is 15.7. The van der Waals surface area contributed by atoms with Crippen LogP contribution in [-0.4, -0.2) is 32.9 Å². The van der Waals surface area contributed by atoms with E-state index in [9.17, 15) is 9.59 Å². The zero-order chi connectivity index (χ0) is 19.7. The highest BCUT2D eigenvalue weighted by molar-refractivity contribution is 5.94. The lowest BCUT2D eigenvalue weighted by atomic mass is 9.91. The van der Waals surface area contributed by atoms with Crippen molar-refractivity contribution >= 4 is 12.0 Å². The summed E-state index contributed by atoms with van der Waals surface area (Å²) < 4.78 is 10.8. The SMILES string of the molecule is Cc1cc(C(=O)N2N(Cc3cccc(C#N)c3)C(=O)OC23CCCCC3)no1. The maximum absolute atomic E-state index is 13.3. The van der Waals surface area contributed by atoms with Crippen LogP contribution in [0.15, 0.2) is 34.9 Å². The van der Waals surface area contributed by atoms with Crippen molar-refractivity contribution < 1.29 is 18.8 Å². The highest BCUT2D eigenvalue weighted by Gasteiger charge is 2.55. The zero-order valence-electron chi connectivity index (χ0n) is 15.6. The quantitative estimate of drug-likeness (QED) is 0.808. The number of aromatic nitrogens is 1. The van der Waals surface area contributed by atoms with Crippen LogP contribution < -0.4 is 0 Å². The third kappa shape index (κ3) is 3.09. The van der Waals surface area contributed by atoms with E-state index in [2.05, 4.69) is 11.2 Å². The van der Waals surface area contributed by atoms with E-state index in [1.807, 2.05) is 6.07 Å². The van der Waals surface area contributed by atoms with Gasteiger partial charge in [-0.05, 0) is 37.5 Å². The number of hydrazine groups is 1. The third-order valence-corrected chi connectivity index (χ3v) is 5.18. The Morgan fingerprint density at radius 2 is 2.07 bits per heavy atom. The van der Waals surface area contributed by atoms with Crippen molar-refractivity contribution in [2.75, 3.05) is 0 Å². The van der Waals surface area contributed by atoms with Crippen LogP contribution in [0.3, 0.4) is 0 Å². The number of ether oxygens (including phenoxy) is 1. The number of hydrogen-bond donors (Lipinski definition) is 0. The van der Waals surface area contributed by atoms with Crippen molar-refractivity contribution in [1.82, 2.24) is 15.2 Å². The predicted octanol–water partition coefficient (Wildman–Crippen LogP) is 3.52. The second-order valence-corrected chi connectivity index (χ2v) is 7.18. The number of nitriles is 1. The van der Waals surface area contributed by atoms with Crippen LogP contribution in [-0.2, 0) is 11.3 Å². The molecule has 0 atom stereocenters. The van der Waals surface area contributed by atoms with Crippen LogP contribution in [0.2, 0.25) is 0 Å². The fourth-order valence-corrected chi connectivity index (χ4v) is 3.90. The fourth-order valence-electron chi connectivity index (χ4n) is 3.90. The summed E-state index contributed by atoms with van der Waals surface area (Å²) in [5.41, 5.74) is 0.364. The average Bonchev–Trinajstić information content (AvgIpc) is 3.24. The number of carbonyl (C=O) groups excluding carboxylic acids is 2. The highest BCUT2D eigenvalue weighted by Crippen LogP contribution is 2.42. The van der Waals surface area contributed by atoms with Crippen molar-refractivity contribution in [1.29, 1.82) is 5.26 Å². The van der Waals surface area contributed by atoms with E-state index in [-0.39, 0.29) is 12.2 Å². The lowest BCUT2D eigenvalue weighted by molar-refractivity contribution is -0.106. The Morgan fingerprint density at radius 3 is 2.75 bits per heavy atom. The largest absolute Gasteiger partial charge is 0.431 e. The van der Waals surface area contributed by atoms with Crippen LogP contribution in [0, 0.1) is 18.3 Å². The molecule has 0 radical (unpaired) electrons. The molecule has 4 rings (SSSR count). The molecule has 2 aliphatic rings. The molecule has 8 heteroatoms. The number of carbonyl (C=O) groups is 2. The second kappa shape index (κ2) is 7.00. The van der Waals surface area contributed by atoms with Gasteiger partial charge in [-0.15, -0.1) is 0 Å². The molecule has 144 valence electrons. The normalized spacial score (nSPS) is 18.2. The fraction of sp³-hybridized carbons (Fsp3) is 0.400. The van der Waals surface area contributed by atoms with Crippen LogP contribution in [0.1, 0.15) is 59.5 Å². The molecule has 0 bridgehead atoms. The van der Waals surface area contributed by atoms with E-state index in [0.29, 0.717) is 24.2 Å². The van der Waals surface area contributed by atoms with E-state index in [1.165, 1.54) is 10.0 Å². The molecule has 2 heterocycles. The summed E-state index contributed by atoms with van der Waals surface area (Å²) in [6, 6.07) is 10.6. The van der Waals surface area contributed by atoms with Crippen LogP contribution in [0.4, 0.5) is 4.79 Å². The van der Waals surface area contributed by atoms with Gasteiger partial charge in [0.15, 0.2) is 5.69 Å². The molecule has 28 heavy (non-hydrogen) atoms. The molecule has 2 amide bonds. The molecule has 2 fully saturated rings. The highest BCUT2D eigenvalue weighted by atomic mass is 16.6. The van der Waals surface area contributed by atoms with E-state index in [0.717, 1.165) is 24.8 Å². The zero-order valence-corrected chi connectivity index (χ0v) is 15.6. The van der Waals surface area contributed by atoms with Crippen molar-refractivity contribution in [2.45, 2.75) is 51.3 Å². The summed E-state index contributed by atoms with van der Waals surface area (Å²) in [7, 11) is 0. The Balaban J connectivity index is 1.71. The minimum atomic E-state index is -0.994. The minimum absolute atomic E-state index is 0.124. The molecule has 1 spiro atoms. The van der Waals surface area contributed by atoms with Gasteiger partial charge in [-0.1, -0.05) is 23.7 Å². The Labute approximate surface area is 162 Å². The van der Waals surface area contributed by atoms with Crippen molar-refractivity contribution in [3.05, 3.63) is 52.9 Å². The Hall–Kier alpha value is -3.34. The van der Waals surface area contributed by atoms with E-state index in [1.54, 1.807) is 31.2 Å². The second-order valence-electron chi connectivity index (χ2n) is 7.18. The smallest absolute Gasteiger partial charge is 0.419 e. The molecule has 1 aliphatic heterocycles. The van der Waals surface area contributed by atoms with Gasteiger partial charge in [-0.2, -0.15) is 10.3 Å². The molecule has 1 saturated heterocycles. The Kier molecular flexibility index (Phi) is 4.51. The molecule has 8 nitrogen and oxygen atoms in total. The number of nitrogens with zero attached hydrogens (tertiary/aromatic N) is 4. The molecule has 0 N–H and O–H groups in total. The summed E-state index contributed by atoms with van der Waals surface area (Å²) >= 11 is 0. The molecule has 1 saturated carbocycles. The van der Waals surface area contributed by atoms with Crippen LogP contribution in [0.25, 0.3) is 0 Å². The summed E-state index contributed by atoms with van der Waals surface area (Å²) in [6.07, 6.45) is 3.36. The molecule has 0 unspecified atom stereocenters. The first-order chi connectivity index (χ1) is 13.5. The molecule has 1 aromatic carbocycles. The van der Waals surface area contributed by atoms with Crippen LogP contribution in [0.5, 0.6) is 0 Å². The lowest BCUT2D eigenvalue weighted by Gasteiger charge is -2.39. The molecule has 1 aromatic heterocycles. The summed E-state index contributed by atoms with van der Waals surface area (Å²) in [6.45, 7) is 1.83. The van der Waals surface area contributed by atoms with Crippen molar-refractivity contribution in [2.24, 2.45) is 0 Å². The standard InChI is InChI=1S/C20H20N4O4/c1-14-10-17(22-28-14)18(25)24-20(8-3-2-4-9-20)27-19(26)23(24)13-16-7-5-6-15(11-16)12-21/h5-7,10-11H,2-4,8-9,13H2,1H3. The number of amides is 2. The molecular weight excluding hydrogens is 360 g/mol. The monoisotopic (exact) mass is 380 g/mol. The number of rotatable bonds is 3. The number of hydrogen-bond acceptors (Lipinski definition) is 6. The van der Waals surface area contributed by atoms with Crippen LogP contribution >= 0.6 is 0 Å². The van der Waals surface area contributed by atoms with Gasteiger partial charge in [-0.3, -0.25) is 4.79 Å². The molecule has 2 aromatic rings. The topological polar surface area (TPSA) is 99.7 Å². The summed E-state index contributed by atoms with van der Waals surface area (Å²) in [4.78, 5) is 26.0. The first kappa shape index (κ1) is 18.0.